The summed E-state index contributed by atoms with van der Waals surface area (Å²) < 4.78 is 1.89. The van der Waals surface area contributed by atoms with E-state index in [1.54, 1.807) is 6.20 Å². The summed E-state index contributed by atoms with van der Waals surface area (Å²) in [5.41, 5.74) is 2.72. The normalized spacial score (nSPS) is 24.1. The number of carbonyl (C=O) groups excluding carboxylic acids is 1. The number of aromatic nitrogens is 2. The number of benzene rings is 1. The van der Waals surface area contributed by atoms with Gasteiger partial charge in [0.05, 0.1) is 5.69 Å². The molecule has 2 fully saturated rings. The van der Waals surface area contributed by atoms with E-state index in [1.165, 1.54) is 18.4 Å². The molecule has 1 aromatic carbocycles. The fourth-order valence-corrected chi connectivity index (χ4v) is 4.73. The van der Waals surface area contributed by atoms with E-state index in [2.05, 4.69) is 53.0 Å². The van der Waals surface area contributed by atoms with E-state index in [1.807, 2.05) is 16.9 Å². The van der Waals surface area contributed by atoms with Crippen LogP contribution < -0.4 is 0 Å². The highest BCUT2D eigenvalue weighted by atomic mass is 16.2. The van der Waals surface area contributed by atoms with Gasteiger partial charge >= 0.3 is 0 Å². The van der Waals surface area contributed by atoms with E-state index < -0.39 is 0 Å². The molecule has 1 amide bonds. The number of hydrogen-bond donors (Lipinski definition) is 0. The Morgan fingerprint density at radius 3 is 2.67 bits per heavy atom. The number of nitrogens with zero attached hydrogens (tertiary/aromatic N) is 4. The predicted octanol–water partition coefficient (Wildman–Crippen LogP) is 3.49. The van der Waals surface area contributed by atoms with Gasteiger partial charge in [0.1, 0.15) is 0 Å². The molecule has 1 atom stereocenters. The highest BCUT2D eigenvalue weighted by Crippen LogP contribution is 2.39. The van der Waals surface area contributed by atoms with Crippen molar-refractivity contribution in [2.24, 2.45) is 5.41 Å². The molecule has 1 spiro atoms. The van der Waals surface area contributed by atoms with Crippen molar-refractivity contribution >= 4 is 5.91 Å². The quantitative estimate of drug-likeness (QED) is 0.832. The topological polar surface area (TPSA) is 41.4 Å². The second kappa shape index (κ2) is 7.47. The van der Waals surface area contributed by atoms with Crippen molar-refractivity contribution in [1.29, 1.82) is 0 Å². The van der Waals surface area contributed by atoms with Crippen LogP contribution >= 0.6 is 0 Å². The van der Waals surface area contributed by atoms with E-state index in [0.29, 0.717) is 18.4 Å². The first-order chi connectivity index (χ1) is 13.0. The van der Waals surface area contributed by atoms with E-state index in [9.17, 15) is 4.79 Å². The lowest BCUT2D eigenvalue weighted by Gasteiger charge is -2.49. The molecule has 0 radical (unpaired) electrons. The highest BCUT2D eigenvalue weighted by molar-refractivity contribution is 5.77. The summed E-state index contributed by atoms with van der Waals surface area (Å²) in [4.78, 5) is 17.0. The lowest BCUT2D eigenvalue weighted by Crippen LogP contribution is -2.55. The van der Waals surface area contributed by atoms with Crippen molar-refractivity contribution < 1.29 is 4.79 Å². The van der Waals surface area contributed by atoms with Gasteiger partial charge < -0.3 is 4.90 Å². The first-order valence-corrected chi connectivity index (χ1v) is 10.2. The zero-order valence-electron chi connectivity index (χ0n) is 16.5. The van der Waals surface area contributed by atoms with Crippen LogP contribution in [0.4, 0.5) is 0 Å². The predicted molar refractivity (Wildman–Crippen MR) is 107 cm³/mol. The van der Waals surface area contributed by atoms with Crippen molar-refractivity contribution in [3.63, 3.8) is 0 Å². The smallest absolute Gasteiger partial charge is 0.222 e. The zero-order valence-corrected chi connectivity index (χ0v) is 16.5. The van der Waals surface area contributed by atoms with Crippen LogP contribution in [0.1, 0.15) is 45.1 Å². The first-order valence-electron chi connectivity index (χ1n) is 10.2. The van der Waals surface area contributed by atoms with E-state index in [4.69, 9.17) is 0 Å². The minimum atomic E-state index is 0.283. The summed E-state index contributed by atoms with van der Waals surface area (Å²) in [5, 5.41) is 4.29. The first kappa shape index (κ1) is 18.2. The summed E-state index contributed by atoms with van der Waals surface area (Å²) in [5.74, 6) is 0.335. The van der Waals surface area contributed by atoms with Crippen LogP contribution in [0, 0.1) is 5.41 Å². The fourth-order valence-electron chi connectivity index (χ4n) is 4.73. The Labute approximate surface area is 162 Å². The largest absolute Gasteiger partial charge is 0.340 e. The Kier molecular flexibility index (Phi) is 5.04. The lowest BCUT2D eigenvalue weighted by atomic mass is 9.73. The molecule has 0 bridgehead atoms. The molecule has 5 heteroatoms. The Balaban J connectivity index is 1.42. The standard InChI is InChI=1S/C22H30N4O/c1-18(2)25-17-22(11-9-21(25)27)10-3-13-24(16-22)15-19-5-7-20(8-6-19)26-14-4-12-23-26/h4-8,12,14,18H,3,9-11,13,15-17H2,1-2H3/t22-/m1/s1. The molecule has 2 aromatic rings. The lowest BCUT2D eigenvalue weighted by molar-refractivity contribution is -0.141. The maximum Gasteiger partial charge on any atom is 0.222 e. The van der Waals surface area contributed by atoms with Crippen LogP contribution in [-0.2, 0) is 11.3 Å². The molecular formula is C22H30N4O. The van der Waals surface area contributed by atoms with Gasteiger partial charge in [-0.3, -0.25) is 9.69 Å². The van der Waals surface area contributed by atoms with Crippen molar-refractivity contribution in [3.05, 3.63) is 48.3 Å². The zero-order chi connectivity index (χ0) is 18.9. The summed E-state index contributed by atoms with van der Waals surface area (Å²) in [6, 6.07) is 11.0. The van der Waals surface area contributed by atoms with Gasteiger partial charge in [0.15, 0.2) is 0 Å². The minimum absolute atomic E-state index is 0.283. The Morgan fingerprint density at radius 2 is 1.96 bits per heavy atom. The fraction of sp³-hybridized carbons (Fsp3) is 0.545. The molecule has 144 valence electrons. The molecule has 4 rings (SSSR count). The molecule has 0 saturated carbocycles. The number of carbonyl (C=O) groups is 1. The molecule has 27 heavy (non-hydrogen) atoms. The molecular weight excluding hydrogens is 336 g/mol. The molecule has 2 saturated heterocycles. The van der Waals surface area contributed by atoms with Gasteiger partial charge in [0, 0.05) is 49.9 Å². The van der Waals surface area contributed by atoms with E-state index >= 15 is 0 Å². The monoisotopic (exact) mass is 366 g/mol. The van der Waals surface area contributed by atoms with Crippen molar-refractivity contribution in [2.75, 3.05) is 19.6 Å². The highest BCUT2D eigenvalue weighted by Gasteiger charge is 2.42. The van der Waals surface area contributed by atoms with Crippen LogP contribution in [0.15, 0.2) is 42.7 Å². The number of likely N-dealkylation sites (tertiary alicyclic amines) is 2. The second-order valence-corrected chi connectivity index (χ2v) is 8.55. The molecule has 0 unspecified atom stereocenters. The van der Waals surface area contributed by atoms with Gasteiger partial charge in [0.2, 0.25) is 5.91 Å². The van der Waals surface area contributed by atoms with E-state index in [0.717, 1.165) is 38.3 Å². The van der Waals surface area contributed by atoms with Crippen molar-refractivity contribution in [3.8, 4) is 5.69 Å². The molecule has 3 heterocycles. The maximum absolute atomic E-state index is 12.3. The maximum atomic E-state index is 12.3. The number of amides is 1. The summed E-state index contributed by atoms with van der Waals surface area (Å²) in [7, 11) is 0. The van der Waals surface area contributed by atoms with Crippen LogP contribution in [0.25, 0.3) is 5.69 Å². The van der Waals surface area contributed by atoms with Crippen LogP contribution in [0.2, 0.25) is 0 Å². The van der Waals surface area contributed by atoms with Gasteiger partial charge in [-0.2, -0.15) is 5.10 Å². The number of piperidine rings is 2. The molecule has 1 aromatic heterocycles. The van der Waals surface area contributed by atoms with Crippen molar-refractivity contribution in [1.82, 2.24) is 19.6 Å². The van der Waals surface area contributed by atoms with Gasteiger partial charge in [-0.05, 0) is 63.4 Å². The second-order valence-electron chi connectivity index (χ2n) is 8.55. The van der Waals surface area contributed by atoms with Crippen molar-refractivity contribution in [2.45, 2.75) is 52.1 Å². The number of rotatable bonds is 4. The Hall–Kier alpha value is -2.14. The van der Waals surface area contributed by atoms with Crippen LogP contribution in [0.3, 0.4) is 0 Å². The molecule has 0 aliphatic carbocycles. The van der Waals surface area contributed by atoms with Crippen LogP contribution in [0.5, 0.6) is 0 Å². The Bertz CT molecular complexity index is 768. The van der Waals surface area contributed by atoms with Gasteiger partial charge in [-0.1, -0.05) is 12.1 Å². The SMILES string of the molecule is CC(C)N1C[C@]2(CCCN(Cc3ccc(-n4cccn4)cc3)C2)CCC1=O. The third-order valence-electron chi connectivity index (χ3n) is 6.17. The minimum Gasteiger partial charge on any atom is -0.340 e. The molecule has 0 N–H and O–H groups in total. The van der Waals surface area contributed by atoms with E-state index in [-0.39, 0.29) is 5.41 Å². The van der Waals surface area contributed by atoms with Gasteiger partial charge in [-0.15, -0.1) is 0 Å². The summed E-state index contributed by atoms with van der Waals surface area (Å²) >= 11 is 0. The molecule has 2 aliphatic heterocycles. The number of hydrogen-bond acceptors (Lipinski definition) is 3. The molecule has 5 nitrogen and oxygen atoms in total. The average Bonchev–Trinajstić information content (AvgIpc) is 3.19. The molecule has 2 aliphatic rings. The summed E-state index contributed by atoms with van der Waals surface area (Å²) in [6.07, 6.45) is 8.00. The average molecular weight is 367 g/mol. The van der Waals surface area contributed by atoms with Crippen LogP contribution in [-0.4, -0.2) is 51.2 Å². The van der Waals surface area contributed by atoms with Gasteiger partial charge in [-0.25, -0.2) is 4.68 Å². The van der Waals surface area contributed by atoms with Gasteiger partial charge in [0.25, 0.3) is 0 Å². The third kappa shape index (κ3) is 3.93. The summed E-state index contributed by atoms with van der Waals surface area (Å²) in [6.45, 7) is 8.44. The Morgan fingerprint density at radius 1 is 1.15 bits per heavy atom. The third-order valence-corrected chi connectivity index (χ3v) is 6.17.